The van der Waals surface area contributed by atoms with Gasteiger partial charge in [0, 0.05) is 6.20 Å². The van der Waals surface area contributed by atoms with Crippen molar-refractivity contribution in [3.05, 3.63) is 12.3 Å². The van der Waals surface area contributed by atoms with E-state index in [2.05, 4.69) is 0 Å². The molecule has 7 heteroatoms. The first-order valence-corrected chi connectivity index (χ1v) is 4.54. The van der Waals surface area contributed by atoms with Gasteiger partial charge in [0.05, 0.1) is 18.2 Å². The van der Waals surface area contributed by atoms with Crippen LogP contribution >= 0.6 is 0 Å². The van der Waals surface area contributed by atoms with Crippen molar-refractivity contribution in [1.82, 2.24) is 4.90 Å². The fourth-order valence-electron chi connectivity index (χ4n) is 1.73. The van der Waals surface area contributed by atoms with E-state index in [1.807, 2.05) is 0 Å². The molecule has 0 radical (unpaired) electrons. The highest BCUT2D eigenvalue weighted by Gasteiger charge is 2.64. The summed E-state index contributed by atoms with van der Waals surface area (Å²) in [5.74, 6) is -1.27. The molecule has 0 bridgehead atoms. The summed E-state index contributed by atoms with van der Waals surface area (Å²) < 4.78 is 0. The van der Waals surface area contributed by atoms with Crippen LogP contribution in [-0.4, -0.2) is 10.4 Å². The summed E-state index contributed by atoms with van der Waals surface area (Å²) in [6.07, 6.45) is 3.77. The molecule has 1 atom stereocenters. The molecule has 1 unspecified atom stereocenters. The minimum atomic E-state index is -2.33. The standard InChI is InChI=1S/C11H3N7/c12-3-9-1-2-18(8-17)11(6-15,7-16)10(9,4-13)5-14/h1-2,9H. The van der Waals surface area contributed by atoms with Crippen LogP contribution in [0.1, 0.15) is 0 Å². The highest BCUT2D eigenvalue weighted by Crippen LogP contribution is 2.45. The van der Waals surface area contributed by atoms with Crippen LogP contribution in [0, 0.1) is 79.4 Å². The van der Waals surface area contributed by atoms with Crippen molar-refractivity contribution in [1.29, 1.82) is 31.6 Å². The predicted octanol–water partition coefficient (Wildman–Crippen LogP) is 0.256. The molecule has 1 aliphatic heterocycles. The van der Waals surface area contributed by atoms with Crippen LogP contribution in [0.15, 0.2) is 12.3 Å². The Kier molecular flexibility index (Phi) is 2.90. The average Bonchev–Trinajstić information content (AvgIpc) is 2.44. The molecule has 0 aromatic rings. The van der Waals surface area contributed by atoms with E-state index in [4.69, 9.17) is 31.6 Å². The Bertz CT molecular complexity index is 560. The number of rotatable bonds is 0. The number of nitriles is 6. The SMILES string of the molecule is N#CC1C=CN(C#N)C(C#N)(C#N)C1(C#N)C#N. The third-order valence-corrected chi connectivity index (χ3v) is 2.75. The summed E-state index contributed by atoms with van der Waals surface area (Å²) in [4.78, 5) is 0.618. The lowest BCUT2D eigenvalue weighted by Gasteiger charge is -2.39. The molecule has 0 amide bonds. The van der Waals surface area contributed by atoms with Crippen LogP contribution in [0.2, 0.25) is 0 Å². The number of allylic oxidation sites excluding steroid dienone is 1. The van der Waals surface area contributed by atoms with Gasteiger partial charge < -0.3 is 0 Å². The fraction of sp³-hybridized carbons (Fsp3) is 0.273. The van der Waals surface area contributed by atoms with Gasteiger partial charge in [-0.25, -0.2) is 0 Å². The smallest absolute Gasteiger partial charge is 0.251 e. The van der Waals surface area contributed by atoms with Crippen LogP contribution in [0.5, 0.6) is 0 Å². The molecular weight excluding hydrogens is 230 g/mol. The lowest BCUT2D eigenvalue weighted by molar-refractivity contribution is 0.188. The largest absolute Gasteiger partial charge is 0.260 e. The first-order chi connectivity index (χ1) is 8.62. The van der Waals surface area contributed by atoms with Gasteiger partial charge in [-0.05, 0) is 6.08 Å². The number of nitrogens with zero attached hydrogens (tertiary/aromatic N) is 7. The molecule has 0 spiro atoms. The summed E-state index contributed by atoms with van der Waals surface area (Å²) in [7, 11) is 0. The van der Waals surface area contributed by atoms with E-state index in [-0.39, 0.29) is 0 Å². The summed E-state index contributed by atoms with van der Waals surface area (Å²) in [5, 5.41) is 54.4. The van der Waals surface area contributed by atoms with E-state index < -0.39 is 16.9 Å². The second kappa shape index (κ2) is 4.15. The van der Waals surface area contributed by atoms with Gasteiger partial charge in [-0.2, -0.15) is 31.6 Å². The van der Waals surface area contributed by atoms with Gasteiger partial charge in [0.1, 0.15) is 18.1 Å². The minimum Gasteiger partial charge on any atom is -0.251 e. The van der Waals surface area contributed by atoms with E-state index in [0.717, 1.165) is 12.3 Å². The topological polar surface area (TPSA) is 146 Å². The average molecular weight is 233 g/mol. The second-order valence-corrected chi connectivity index (χ2v) is 3.38. The van der Waals surface area contributed by atoms with Gasteiger partial charge in [0.15, 0.2) is 6.19 Å². The highest BCUT2D eigenvalue weighted by atomic mass is 15.2. The monoisotopic (exact) mass is 233 g/mol. The molecule has 1 heterocycles. The van der Waals surface area contributed by atoms with Crippen LogP contribution < -0.4 is 0 Å². The molecule has 0 fully saturated rings. The second-order valence-electron chi connectivity index (χ2n) is 3.38. The zero-order valence-corrected chi connectivity index (χ0v) is 8.86. The Morgan fingerprint density at radius 1 is 0.889 bits per heavy atom. The zero-order valence-electron chi connectivity index (χ0n) is 8.86. The predicted molar refractivity (Wildman–Crippen MR) is 53.3 cm³/mol. The number of hydrogen-bond acceptors (Lipinski definition) is 7. The molecule has 0 aromatic carbocycles. The summed E-state index contributed by atoms with van der Waals surface area (Å²) in [6.45, 7) is 0. The molecule has 82 valence electrons. The van der Waals surface area contributed by atoms with Crippen molar-refractivity contribution in [3.63, 3.8) is 0 Å². The van der Waals surface area contributed by atoms with Crippen LogP contribution in [0.4, 0.5) is 0 Å². The van der Waals surface area contributed by atoms with Crippen LogP contribution in [0.3, 0.4) is 0 Å². The first kappa shape index (κ1) is 12.5. The molecule has 0 N–H and O–H groups in total. The highest BCUT2D eigenvalue weighted by molar-refractivity contribution is 5.48. The molecule has 18 heavy (non-hydrogen) atoms. The zero-order chi connectivity index (χ0) is 13.8. The molecular formula is C11H3N7. The maximum Gasteiger partial charge on any atom is 0.260 e. The van der Waals surface area contributed by atoms with Gasteiger partial charge in [-0.1, -0.05) is 0 Å². The Labute approximate surface area is 103 Å². The normalized spacial score (nSPS) is 22.1. The summed E-state index contributed by atoms with van der Waals surface area (Å²) in [6, 6.07) is 7.84. The van der Waals surface area contributed by atoms with E-state index in [0.29, 0.717) is 4.90 Å². The maximum absolute atomic E-state index is 9.16. The van der Waals surface area contributed by atoms with Crippen molar-refractivity contribution in [2.75, 3.05) is 0 Å². The molecule has 0 aromatic heterocycles. The molecule has 1 aliphatic rings. The third kappa shape index (κ3) is 1.11. The first-order valence-electron chi connectivity index (χ1n) is 4.54. The fourth-order valence-corrected chi connectivity index (χ4v) is 1.73. The molecule has 1 rings (SSSR count). The van der Waals surface area contributed by atoms with Crippen LogP contribution in [-0.2, 0) is 0 Å². The van der Waals surface area contributed by atoms with Gasteiger partial charge in [-0.3, -0.25) is 4.90 Å². The summed E-state index contributed by atoms with van der Waals surface area (Å²) >= 11 is 0. The maximum atomic E-state index is 9.16. The van der Waals surface area contributed by atoms with E-state index >= 15 is 0 Å². The van der Waals surface area contributed by atoms with Gasteiger partial charge in [0.25, 0.3) is 5.54 Å². The lowest BCUT2D eigenvalue weighted by Crippen LogP contribution is -2.59. The van der Waals surface area contributed by atoms with E-state index in [1.54, 1.807) is 24.4 Å². The van der Waals surface area contributed by atoms with Gasteiger partial charge in [0.2, 0.25) is 5.41 Å². The van der Waals surface area contributed by atoms with Gasteiger partial charge in [-0.15, -0.1) is 0 Å². The third-order valence-electron chi connectivity index (χ3n) is 2.75. The molecule has 0 aliphatic carbocycles. The minimum absolute atomic E-state index is 0.618. The van der Waals surface area contributed by atoms with E-state index in [9.17, 15) is 0 Å². The van der Waals surface area contributed by atoms with Gasteiger partial charge >= 0.3 is 0 Å². The quantitative estimate of drug-likeness (QED) is 0.545. The van der Waals surface area contributed by atoms with Crippen LogP contribution in [0.25, 0.3) is 0 Å². The molecule has 0 saturated heterocycles. The van der Waals surface area contributed by atoms with Crippen molar-refractivity contribution in [2.24, 2.45) is 11.3 Å². The Hall–Kier alpha value is -3.52. The molecule has 0 saturated carbocycles. The van der Waals surface area contributed by atoms with Crippen molar-refractivity contribution in [3.8, 4) is 36.5 Å². The van der Waals surface area contributed by atoms with E-state index in [1.165, 1.54) is 12.1 Å². The van der Waals surface area contributed by atoms with Crippen molar-refractivity contribution < 1.29 is 0 Å². The number of hydrogen-bond donors (Lipinski definition) is 0. The molecule has 7 nitrogen and oxygen atoms in total. The van der Waals surface area contributed by atoms with Crippen molar-refractivity contribution >= 4 is 0 Å². The van der Waals surface area contributed by atoms with Crippen molar-refractivity contribution in [2.45, 2.75) is 5.54 Å². The lowest BCUT2D eigenvalue weighted by atomic mass is 9.62. The Morgan fingerprint density at radius 2 is 1.44 bits per heavy atom. The Balaban J connectivity index is 3.80. The summed E-state index contributed by atoms with van der Waals surface area (Å²) in [5.41, 5.74) is -4.57. The Morgan fingerprint density at radius 3 is 1.78 bits per heavy atom.